The molecule has 7 nitrogen and oxygen atoms in total. The van der Waals surface area contributed by atoms with Crippen molar-refractivity contribution in [1.82, 2.24) is 4.98 Å². The molecule has 0 aliphatic carbocycles. The van der Waals surface area contributed by atoms with Gasteiger partial charge in [0.05, 0.1) is 35.7 Å². The number of aryl methyl sites for hydroxylation is 2. The van der Waals surface area contributed by atoms with E-state index in [4.69, 9.17) is 18.9 Å². The van der Waals surface area contributed by atoms with Gasteiger partial charge in [0.2, 0.25) is 6.79 Å². The van der Waals surface area contributed by atoms with E-state index in [1.807, 2.05) is 0 Å². The lowest BCUT2D eigenvalue weighted by molar-refractivity contribution is 0.0525. The van der Waals surface area contributed by atoms with Crippen molar-refractivity contribution in [3.8, 4) is 22.6 Å². The lowest BCUT2D eigenvalue weighted by Crippen LogP contribution is -2.17. The predicted octanol–water partition coefficient (Wildman–Crippen LogP) is 3.45. The molecule has 1 aliphatic heterocycles. The van der Waals surface area contributed by atoms with Crippen molar-refractivity contribution in [2.24, 2.45) is 0 Å². The van der Waals surface area contributed by atoms with E-state index < -0.39 is 11.9 Å². The molecule has 27 heavy (non-hydrogen) atoms. The number of nitrogens with zero attached hydrogens (tertiary/aromatic N) is 1. The number of fused-ring (bicyclic) bond motifs is 1. The highest BCUT2D eigenvalue weighted by Gasteiger charge is 2.28. The van der Waals surface area contributed by atoms with Crippen LogP contribution in [0.15, 0.2) is 18.2 Å². The summed E-state index contributed by atoms with van der Waals surface area (Å²) in [6, 6.07) is 5.25. The molecule has 3 rings (SSSR count). The Morgan fingerprint density at radius 2 is 1.52 bits per heavy atom. The van der Waals surface area contributed by atoms with Crippen LogP contribution in [0.25, 0.3) is 11.1 Å². The number of carbonyl (C=O) groups is 2. The highest BCUT2D eigenvalue weighted by atomic mass is 16.7. The number of carbonyl (C=O) groups excluding carboxylic acids is 2. The van der Waals surface area contributed by atoms with E-state index in [0.29, 0.717) is 34.0 Å². The van der Waals surface area contributed by atoms with Gasteiger partial charge in [0.15, 0.2) is 11.5 Å². The summed E-state index contributed by atoms with van der Waals surface area (Å²) in [4.78, 5) is 29.7. The Morgan fingerprint density at radius 3 is 2.07 bits per heavy atom. The van der Waals surface area contributed by atoms with E-state index in [2.05, 4.69) is 4.98 Å². The topological polar surface area (TPSA) is 84.0 Å². The van der Waals surface area contributed by atoms with E-state index in [1.165, 1.54) is 0 Å². The third-order valence-electron chi connectivity index (χ3n) is 4.18. The van der Waals surface area contributed by atoms with Crippen LogP contribution >= 0.6 is 0 Å². The van der Waals surface area contributed by atoms with Crippen LogP contribution in [0.1, 0.15) is 46.0 Å². The molecule has 0 atom stereocenters. The van der Waals surface area contributed by atoms with Gasteiger partial charge in [-0.1, -0.05) is 6.07 Å². The molecule has 0 unspecified atom stereocenters. The monoisotopic (exact) mass is 371 g/mol. The average molecular weight is 371 g/mol. The largest absolute Gasteiger partial charge is 0.462 e. The first-order chi connectivity index (χ1) is 13.0. The summed E-state index contributed by atoms with van der Waals surface area (Å²) in [5, 5.41) is 0. The fourth-order valence-electron chi connectivity index (χ4n) is 3.10. The van der Waals surface area contributed by atoms with Gasteiger partial charge < -0.3 is 18.9 Å². The maximum atomic E-state index is 12.7. The van der Waals surface area contributed by atoms with E-state index in [-0.39, 0.29) is 31.1 Å². The highest BCUT2D eigenvalue weighted by Crippen LogP contribution is 2.39. The van der Waals surface area contributed by atoms with Crippen molar-refractivity contribution in [2.45, 2.75) is 27.7 Å². The first-order valence-corrected chi connectivity index (χ1v) is 8.73. The summed E-state index contributed by atoms with van der Waals surface area (Å²) in [7, 11) is 0. The summed E-state index contributed by atoms with van der Waals surface area (Å²) in [5.74, 6) is 0.0716. The number of rotatable bonds is 5. The number of ether oxygens (including phenoxy) is 4. The van der Waals surface area contributed by atoms with Crippen molar-refractivity contribution >= 4 is 11.9 Å². The fraction of sp³-hybridized carbons (Fsp3) is 0.350. The summed E-state index contributed by atoms with van der Waals surface area (Å²) in [6.07, 6.45) is 0. The van der Waals surface area contributed by atoms with Crippen LogP contribution < -0.4 is 9.47 Å². The molecule has 2 heterocycles. The standard InChI is InChI=1S/C20H21NO6/c1-5-24-19(22)16-11(3)21-12(4)17(20(23)25-6-2)18(16)13-7-8-14-15(9-13)27-10-26-14/h7-9H,5-6,10H2,1-4H3. The first kappa shape index (κ1) is 18.7. The van der Waals surface area contributed by atoms with E-state index >= 15 is 0 Å². The second-order valence-electron chi connectivity index (χ2n) is 5.92. The molecule has 1 aromatic carbocycles. The number of pyridine rings is 1. The van der Waals surface area contributed by atoms with Crippen LogP contribution in [0.5, 0.6) is 11.5 Å². The lowest BCUT2D eigenvalue weighted by Gasteiger charge is -2.18. The summed E-state index contributed by atoms with van der Waals surface area (Å²) >= 11 is 0. The average Bonchev–Trinajstić information content (AvgIpc) is 3.08. The van der Waals surface area contributed by atoms with Crippen LogP contribution in [0.2, 0.25) is 0 Å². The van der Waals surface area contributed by atoms with Crippen molar-refractivity contribution in [2.75, 3.05) is 20.0 Å². The number of esters is 2. The van der Waals surface area contributed by atoms with E-state index in [9.17, 15) is 9.59 Å². The third kappa shape index (κ3) is 3.45. The molecular formula is C20H21NO6. The van der Waals surface area contributed by atoms with Crippen LogP contribution in [0.3, 0.4) is 0 Å². The Hall–Kier alpha value is -3.09. The molecule has 0 radical (unpaired) electrons. The Kier molecular flexibility index (Phi) is 5.30. The summed E-state index contributed by atoms with van der Waals surface area (Å²) < 4.78 is 21.2. The smallest absolute Gasteiger partial charge is 0.340 e. The van der Waals surface area contributed by atoms with Crippen LogP contribution in [0, 0.1) is 13.8 Å². The Bertz CT molecular complexity index is 864. The SMILES string of the molecule is CCOC(=O)c1c(C)nc(C)c(C(=O)OCC)c1-c1ccc2c(c1)OCO2. The van der Waals surface area contributed by atoms with E-state index in [1.54, 1.807) is 45.9 Å². The first-order valence-electron chi connectivity index (χ1n) is 8.73. The molecule has 0 bridgehead atoms. The van der Waals surface area contributed by atoms with Gasteiger partial charge in [-0.3, -0.25) is 4.98 Å². The molecule has 0 saturated heterocycles. The Morgan fingerprint density at radius 1 is 0.963 bits per heavy atom. The van der Waals surface area contributed by atoms with Gasteiger partial charge in [-0.15, -0.1) is 0 Å². The number of hydrogen-bond acceptors (Lipinski definition) is 7. The molecule has 1 aliphatic rings. The van der Waals surface area contributed by atoms with Gasteiger partial charge in [0.25, 0.3) is 0 Å². The van der Waals surface area contributed by atoms with E-state index in [0.717, 1.165) is 0 Å². The third-order valence-corrected chi connectivity index (χ3v) is 4.18. The summed E-state index contributed by atoms with van der Waals surface area (Å²) in [6.45, 7) is 7.42. The lowest BCUT2D eigenvalue weighted by atomic mass is 9.92. The molecule has 0 fully saturated rings. The zero-order valence-electron chi connectivity index (χ0n) is 15.8. The zero-order chi connectivity index (χ0) is 19.6. The fourth-order valence-corrected chi connectivity index (χ4v) is 3.10. The van der Waals surface area contributed by atoms with Gasteiger partial charge in [0, 0.05) is 5.56 Å². The van der Waals surface area contributed by atoms with Crippen molar-refractivity contribution in [3.05, 3.63) is 40.7 Å². The minimum absolute atomic E-state index is 0.128. The number of benzene rings is 1. The molecule has 0 amide bonds. The van der Waals surface area contributed by atoms with Gasteiger partial charge in [-0.2, -0.15) is 0 Å². The predicted molar refractivity (Wildman–Crippen MR) is 97.2 cm³/mol. The molecule has 142 valence electrons. The van der Waals surface area contributed by atoms with Crippen molar-refractivity contribution < 1.29 is 28.5 Å². The molecule has 2 aromatic rings. The Labute approximate surface area is 157 Å². The maximum Gasteiger partial charge on any atom is 0.340 e. The van der Waals surface area contributed by atoms with Crippen LogP contribution in [-0.4, -0.2) is 36.9 Å². The van der Waals surface area contributed by atoms with Gasteiger partial charge >= 0.3 is 11.9 Å². The number of aromatic nitrogens is 1. The van der Waals surface area contributed by atoms with Crippen LogP contribution in [-0.2, 0) is 9.47 Å². The van der Waals surface area contributed by atoms with Gasteiger partial charge in [-0.05, 0) is 45.4 Å². The molecule has 7 heteroatoms. The summed E-state index contributed by atoms with van der Waals surface area (Å²) in [5.41, 5.74) is 2.49. The molecule has 0 saturated carbocycles. The second kappa shape index (κ2) is 7.65. The molecule has 1 aromatic heterocycles. The minimum atomic E-state index is -0.541. The highest BCUT2D eigenvalue weighted by molar-refractivity contribution is 6.07. The zero-order valence-corrected chi connectivity index (χ0v) is 15.8. The Balaban J connectivity index is 2.30. The number of hydrogen-bond donors (Lipinski definition) is 0. The second-order valence-corrected chi connectivity index (χ2v) is 5.92. The normalized spacial score (nSPS) is 12.0. The van der Waals surface area contributed by atoms with Crippen molar-refractivity contribution in [1.29, 1.82) is 0 Å². The molecule has 0 N–H and O–H groups in total. The van der Waals surface area contributed by atoms with Crippen LogP contribution in [0.4, 0.5) is 0 Å². The minimum Gasteiger partial charge on any atom is -0.462 e. The maximum absolute atomic E-state index is 12.7. The molecular weight excluding hydrogens is 350 g/mol. The quantitative estimate of drug-likeness (QED) is 0.744. The molecule has 0 spiro atoms. The van der Waals surface area contributed by atoms with Gasteiger partial charge in [0.1, 0.15) is 0 Å². The van der Waals surface area contributed by atoms with Crippen molar-refractivity contribution in [3.63, 3.8) is 0 Å². The van der Waals surface area contributed by atoms with Gasteiger partial charge in [-0.25, -0.2) is 9.59 Å².